The normalized spacial score (nSPS) is 12.6. The molecule has 0 amide bonds. The van der Waals surface area contributed by atoms with Gasteiger partial charge in [0.1, 0.15) is 0 Å². The van der Waals surface area contributed by atoms with Crippen LogP contribution in [0.1, 0.15) is 27.2 Å². The van der Waals surface area contributed by atoms with E-state index in [1.165, 1.54) is 13.8 Å². The van der Waals surface area contributed by atoms with E-state index in [4.69, 9.17) is 0 Å². The minimum absolute atomic E-state index is 0.130. The predicted molar refractivity (Wildman–Crippen MR) is 36.0 cm³/mol. The van der Waals surface area contributed by atoms with Crippen molar-refractivity contribution >= 4 is 0 Å². The molecule has 0 aliphatic heterocycles. The number of hydrogen-bond acceptors (Lipinski definition) is 1. The Bertz CT molecular complexity index is 91.6. The lowest BCUT2D eigenvalue weighted by molar-refractivity contribution is -0.264. The van der Waals surface area contributed by atoms with E-state index in [9.17, 15) is 8.78 Å². The van der Waals surface area contributed by atoms with Gasteiger partial charge in [0.2, 0.25) is 0 Å². The number of halogens is 2. The smallest absolute Gasteiger partial charge is 0.320 e. The number of hydrogen-bond donors (Lipinski definition) is 0. The molecule has 0 saturated carbocycles. The third-order valence-electron chi connectivity index (χ3n) is 1.17. The van der Waals surface area contributed by atoms with Crippen LogP contribution in [0.5, 0.6) is 0 Å². The van der Waals surface area contributed by atoms with Crippen molar-refractivity contribution in [1.29, 1.82) is 0 Å². The molecule has 1 nitrogen and oxygen atoms in total. The van der Waals surface area contributed by atoms with Crippen molar-refractivity contribution in [2.75, 3.05) is 6.61 Å². The van der Waals surface area contributed by atoms with Crippen LogP contribution in [0.3, 0.4) is 0 Å². The summed E-state index contributed by atoms with van der Waals surface area (Å²) in [6.45, 7) is 4.81. The predicted octanol–water partition coefficient (Wildman–Crippen LogP) is 2.66. The number of alkyl halides is 2. The quantitative estimate of drug-likeness (QED) is 0.601. The molecule has 0 aliphatic carbocycles. The monoisotopic (exact) mass is 152 g/mol. The molecule has 0 fully saturated rings. The molecule has 0 atom stereocenters. The molecule has 0 aliphatic rings. The first-order chi connectivity index (χ1) is 4.50. The number of ether oxygens (including phenoxy) is 1. The molecule has 0 heterocycles. The van der Waals surface area contributed by atoms with Gasteiger partial charge >= 0.3 is 6.11 Å². The maximum atomic E-state index is 12.5. The van der Waals surface area contributed by atoms with Gasteiger partial charge < -0.3 is 4.74 Å². The first kappa shape index (κ1) is 9.82. The molecule has 0 spiro atoms. The Morgan fingerprint density at radius 1 is 1.40 bits per heavy atom. The highest BCUT2D eigenvalue weighted by atomic mass is 19.3. The largest absolute Gasteiger partial charge is 0.357 e. The van der Waals surface area contributed by atoms with Gasteiger partial charge in [0, 0.05) is 5.92 Å². The molecule has 0 aromatic heterocycles. The summed E-state index contributed by atoms with van der Waals surface area (Å²) in [5.41, 5.74) is 0. The van der Waals surface area contributed by atoms with Gasteiger partial charge in [0.15, 0.2) is 0 Å². The third kappa shape index (κ3) is 3.11. The standard InChI is InChI=1S/C7H14F2O/c1-4-5-10-7(8,9)6(2)3/h6H,4-5H2,1-3H3. The summed E-state index contributed by atoms with van der Waals surface area (Å²) in [6, 6.07) is 0. The molecule has 0 bridgehead atoms. The van der Waals surface area contributed by atoms with Crippen LogP contribution < -0.4 is 0 Å². The Labute approximate surface area is 60.4 Å². The Morgan fingerprint density at radius 2 is 1.90 bits per heavy atom. The summed E-state index contributed by atoms with van der Waals surface area (Å²) in [5, 5.41) is 0. The summed E-state index contributed by atoms with van der Waals surface area (Å²) in [7, 11) is 0. The first-order valence-electron chi connectivity index (χ1n) is 3.52. The van der Waals surface area contributed by atoms with Crippen LogP contribution in [0.4, 0.5) is 8.78 Å². The van der Waals surface area contributed by atoms with E-state index in [-0.39, 0.29) is 6.61 Å². The summed E-state index contributed by atoms with van der Waals surface area (Å²) in [5.74, 6) is -0.737. The van der Waals surface area contributed by atoms with Crippen LogP contribution in [0.2, 0.25) is 0 Å². The van der Waals surface area contributed by atoms with E-state index < -0.39 is 12.0 Å². The molecular formula is C7H14F2O. The highest BCUT2D eigenvalue weighted by molar-refractivity contribution is 4.56. The zero-order valence-corrected chi connectivity index (χ0v) is 6.66. The molecular weight excluding hydrogens is 138 g/mol. The lowest BCUT2D eigenvalue weighted by atomic mass is 10.2. The van der Waals surface area contributed by atoms with Crippen LogP contribution >= 0.6 is 0 Å². The van der Waals surface area contributed by atoms with E-state index in [2.05, 4.69) is 4.74 Å². The Morgan fingerprint density at radius 3 is 2.20 bits per heavy atom. The minimum Gasteiger partial charge on any atom is -0.320 e. The average molecular weight is 152 g/mol. The number of rotatable bonds is 4. The van der Waals surface area contributed by atoms with E-state index in [0.717, 1.165) is 0 Å². The van der Waals surface area contributed by atoms with Crippen LogP contribution in [-0.4, -0.2) is 12.7 Å². The summed E-state index contributed by atoms with van der Waals surface area (Å²) in [6.07, 6.45) is -2.32. The highest BCUT2D eigenvalue weighted by Crippen LogP contribution is 2.24. The molecule has 0 aromatic carbocycles. The van der Waals surface area contributed by atoms with Crippen molar-refractivity contribution in [3.05, 3.63) is 0 Å². The minimum atomic E-state index is -2.95. The van der Waals surface area contributed by atoms with Gasteiger partial charge in [0.05, 0.1) is 6.61 Å². The molecule has 3 heteroatoms. The topological polar surface area (TPSA) is 9.23 Å². The van der Waals surface area contributed by atoms with E-state index in [0.29, 0.717) is 6.42 Å². The average Bonchev–Trinajstić information content (AvgIpc) is 1.84. The van der Waals surface area contributed by atoms with E-state index in [1.54, 1.807) is 6.92 Å². The van der Waals surface area contributed by atoms with Crippen molar-refractivity contribution in [2.45, 2.75) is 33.3 Å². The van der Waals surface area contributed by atoms with E-state index in [1.807, 2.05) is 0 Å². The van der Waals surface area contributed by atoms with Crippen molar-refractivity contribution in [1.82, 2.24) is 0 Å². The van der Waals surface area contributed by atoms with Gasteiger partial charge in [-0.3, -0.25) is 0 Å². The Balaban J connectivity index is 3.63. The Kier molecular flexibility index (Phi) is 3.79. The van der Waals surface area contributed by atoms with Gasteiger partial charge in [-0.05, 0) is 6.42 Å². The zero-order chi connectivity index (χ0) is 8.20. The molecule has 0 aromatic rings. The highest BCUT2D eigenvalue weighted by Gasteiger charge is 2.33. The van der Waals surface area contributed by atoms with Crippen molar-refractivity contribution < 1.29 is 13.5 Å². The maximum absolute atomic E-state index is 12.5. The fraction of sp³-hybridized carbons (Fsp3) is 1.00. The molecule has 62 valence electrons. The van der Waals surface area contributed by atoms with E-state index >= 15 is 0 Å². The van der Waals surface area contributed by atoms with Crippen LogP contribution in [0, 0.1) is 5.92 Å². The Hall–Kier alpha value is -0.180. The van der Waals surface area contributed by atoms with Crippen molar-refractivity contribution in [3.63, 3.8) is 0 Å². The third-order valence-corrected chi connectivity index (χ3v) is 1.17. The fourth-order valence-corrected chi connectivity index (χ4v) is 0.405. The van der Waals surface area contributed by atoms with Crippen LogP contribution in [0.15, 0.2) is 0 Å². The van der Waals surface area contributed by atoms with Crippen LogP contribution in [0.25, 0.3) is 0 Å². The van der Waals surface area contributed by atoms with Crippen molar-refractivity contribution in [2.24, 2.45) is 5.92 Å². The maximum Gasteiger partial charge on any atom is 0.357 e. The zero-order valence-electron chi connectivity index (χ0n) is 6.66. The van der Waals surface area contributed by atoms with Gasteiger partial charge in [-0.2, -0.15) is 8.78 Å². The second kappa shape index (κ2) is 3.86. The summed E-state index contributed by atoms with van der Waals surface area (Å²) in [4.78, 5) is 0. The summed E-state index contributed by atoms with van der Waals surface area (Å²) >= 11 is 0. The second-order valence-corrected chi connectivity index (χ2v) is 2.56. The van der Waals surface area contributed by atoms with Gasteiger partial charge in [-0.1, -0.05) is 20.8 Å². The molecule has 0 rings (SSSR count). The molecule has 0 saturated heterocycles. The lowest BCUT2D eigenvalue weighted by Gasteiger charge is -2.19. The van der Waals surface area contributed by atoms with Crippen LogP contribution in [-0.2, 0) is 4.74 Å². The molecule has 0 unspecified atom stereocenters. The van der Waals surface area contributed by atoms with Gasteiger partial charge in [0.25, 0.3) is 0 Å². The molecule has 10 heavy (non-hydrogen) atoms. The molecule has 0 N–H and O–H groups in total. The van der Waals surface area contributed by atoms with Gasteiger partial charge in [-0.15, -0.1) is 0 Å². The molecule has 0 radical (unpaired) electrons. The fourth-order valence-electron chi connectivity index (χ4n) is 0.405. The van der Waals surface area contributed by atoms with Crippen molar-refractivity contribution in [3.8, 4) is 0 Å². The van der Waals surface area contributed by atoms with Gasteiger partial charge in [-0.25, -0.2) is 0 Å². The lowest BCUT2D eigenvalue weighted by Crippen LogP contribution is -2.27. The summed E-state index contributed by atoms with van der Waals surface area (Å²) < 4.78 is 29.3. The SMILES string of the molecule is CCCOC(F)(F)C(C)C. The second-order valence-electron chi connectivity index (χ2n) is 2.56. The first-order valence-corrected chi connectivity index (χ1v) is 3.52.